The van der Waals surface area contributed by atoms with E-state index in [1.165, 1.54) is 4.57 Å². The van der Waals surface area contributed by atoms with Crippen molar-refractivity contribution in [3.8, 4) is 0 Å². The van der Waals surface area contributed by atoms with Crippen LogP contribution in [0, 0.1) is 6.92 Å². The van der Waals surface area contributed by atoms with E-state index in [-0.39, 0.29) is 23.2 Å². The summed E-state index contributed by atoms with van der Waals surface area (Å²) in [6.07, 6.45) is -2.33. The van der Waals surface area contributed by atoms with Crippen molar-refractivity contribution in [2.24, 2.45) is 0 Å². The molecule has 1 aromatic carbocycles. The van der Waals surface area contributed by atoms with Gasteiger partial charge in [0.05, 0.1) is 22.1 Å². The van der Waals surface area contributed by atoms with Crippen molar-refractivity contribution in [3.05, 3.63) is 67.5 Å². The zero-order valence-corrected chi connectivity index (χ0v) is 16.7. The second-order valence-corrected chi connectivity index (χ2v) is 8.28. The summed E-state index contributed by atoms with van der Waals surface area (Å²) in [5.41, 5.74) is 0.326. The molecule has 0 N–H and O–H groups in total. The number of carbonyl (C=O) groups excluding carboxylic acids is 1. The van der Waals surface area contributed by atoms with Crippen molar-refractivity contribution < 1.29 is 18.0 Å². The zero-order chi connectivity index (χ0) is 20.2. The van der Waals surface area contributed by atoms with E-state index >= 15 is 0 Å². The fraction of sp³-hybridized carbons (Fsp3) is 0.400. The van der Waals surface area contributed by atoms with Crippen molar-refractivity contribution in [1.29, 1.82) is 0 Å². The number of benzene rings is 1. The molecule has 0 saturated carbocycles. The van der Waals surface area contributed by atoms with Gasteiger partial charge in [0.1, 0.15) is 5.69 Å². The second kappa shape index (κ2) is 6.76. The van der Waals surface area contributed by atoms with Crippen molar-refractivity contribution in [1.82, 2.24) is 9.47 Å². The van der Waals surface area contributed by atoms with Crippen LogP contribution in [0.1, 0.15) is 52.5 Å². The van der Waals surface area contributed by atoms with Crippen molar-refractivity contribution in [2.75, 3.05) is 0 Å². The molecule has 3 heterocycles. The van der Waals surface area contributed by atoms with Gasteiger partial charge in [0, 0.05) is 6.54 Å². The minimum atomic E-state index is -4.44. The zero-order valence-electron chi connectivity index (χ0n) is 15.1. The van der Waals surface area contributed by atoms with Gasteiger partial charge in [-0.2, -0.15) is 13.2 Å². The molecule has 0 spiro atoms. The quantitative estimate of drug-likeness (QED) is 0.627. The van der Waals surface area contributed by atoms with Gasteiger partial charge >= 0.3 is 6.18 Å². The third-order valence-electron chi connectivity index (χ3n) is 5.53. The number of nitrogens with zero attached hydrogens (tertiary/aromatic N) is 2. The lowest BCUT2D eigenvalue weighted by Gasteiger charge is -2.46. The van der Waals surface area contributed by atoms with Crippen LogP contribution in [0.5, 0.6) is 0 Å². The Labute approximate surface area is 168 Å². The molecule has 2 aromatic rings. The SMILES string of the molecule is Cc1cc(C2CCCC3Cn4c(ccc(Br)c4=O)C(=O)N32)cc(C(F)(F)F)c1. The van der Waals surface area contributed by atoms with Gasteiger partial charge in [-0.15, -0.1) is 0 Å². The number of piperidine rings is 1. The Morgan fingerprint density at radius 2 is 1.86 bits per heavy atom. The number of amides is 1. The third kappa shape index (κ3) is 3.17. The molecule has 1 aromatic heterocycles. The first-order valence-electron chi connectivity index (χ1n) is 9.07. The minimum absolute atomic E-state index is 0.208. The average Bonchev–Trinajstić information content (AvgIpc) is 2.63. The number of rotatable bonds is 1. The Balaban J connectivity index is 1.79. The van der Waals surface area contributed by atoms with Crippen LogP contribution in [-0.4, -0.2) is 21.4 Å². The average molecular weight is 455 g/mol. The highest BCUT2D eigenvalue weighted by molar-refractivity contribution is 9.10. The lowest BCUT2D eigenvalue weighted by molar-refractivity contribution is -0.137. The molecular formula is C20H18BrF3N2O2. The fourth-order valence-electron chi connectivity index (χ4n) is 4.32. The van der Waals surface area contributed by atoms with E-state index in [1.807, 2.05) is 0 Å². The Morgan fingerprint density at radius 3 is 2.57 bits per heavy atom. The first-order valence-corrected chi connectivity index (χ1v) is 9.87. The van der Waals surface area contributed by atoms with E-state index in [9.17, 15) is 22.8 Å². The number of fused-ring (bicyclic) bond motifs is 2. The monoisotopic (exact) mass is 454 g/mol. The van der Waals surface area contributed by atoms with Crippen LogP contribution in [-0.2, 0) is 12.7 Å². The van der Waals surface area contributed by atoms with Gasteiger partial charge in [-0.25, -0.2) is 0 Å². The lowest BCUT2D eigenvalue weighted by atomic mass is 9.87. The van der Waals surface area contributed by atoms with Gasteiger partial charge in [0.2, 0.25) is 0 Å². The number of alkyl halides is 3. The second-order valence-electron chi connectivity index (χ2n) is 7.43. The van der Waals surface area contributed by atoms with Crippen LogP contribution in [0.15, 0.2) is 39.6 Å². The van der Waals surface area contributed by atoms with Crippen LogP contribution < -0.4 is 5.56 Å². The van der Waals surface area contributed by atoms with E-state index in [0.717, 1.165) is 25.0 Å². The number of halogens is 4. The Kier molecular flexibility index (Phi) is 4.64. The maximum atomic E-state index is 13.3. The molecule has 2 atom stereocenters. The van der Waals surface area contributed by atoms with Crippen LogP contribution >= 0.6 is 15.9 Å². The number of aromatic nitrogens is 1. The molecule has 2 unspecified atom stereocenters. The first kappa shape index (κ1) is 19.2. The molecule has 2 aliphatic heterocycles. The maximum Gasteiger partial charge on any atom is 0.416 e. The Hall–Kier alpha value is -2.09. The van der Waals surface area contributed by atoms with Gasteiger partial charge in [0.25, 0.3) is 11.5 Å². The number of hydrogen-bond acceptors (Lipinski definition) is 2. The van der Waals surface area contributed by atoms with Gasteiger partial charge < -0.3 is 9.47 Å². The van der Waals surface area contributed by atoms with Gasteiger partial charge in [-0.05, 0) is 71.9 Å². The molecule has 0 radical (unpaired) electrons. The molecule has 0 aliphatic carbocycles. The fourth-order valence-corrected chi connectivity index (χ4v) is 4.67. The highest BCUT2D eigenvalue weighted by atomic mass is 79.9. The van der Waals surface area contributed by atoms with Crippen LogP contribution in [0.25, 0.3) is 0 Å². The van der Waals surface area contributed by atoms with E-state index in [1.54, 1.807) is 30.0 Å². The molecule has 0 bridgehead atoms. The summed E-state index contributed by atoms with van der Waals surface area (Å²) in [6, 6.07) is 6.48. The van der Waals surface area contributed by atoms with E-state index in [4.69, 9.17) is 0 Å². The predicted molar refractivity (Wildman–Crippen MR) is 101 cm³/mol. The van der Waals surface area contributed by atoms with E-state index in [0.29, 0.717) is 28.6 Å². The summed E-state index contributed by atoms with van der Waals surface area (Å²) in [4.78, 5) is 27.3. The summed E-state index contributed by atoms with van der Waals surface area (Å²) >= 11 is 3.20. The van der Waals surface area contributed by atoms with Crippen LogP contribution in [0.3, 0.4) is 0 Å². The summed E-state index contributed by atoms with van der Waals surface area (Å²) in [5.74, 6) is -0.305. The molecular weight excluding hydrogens is 437 g/mol. The normalized spacial score (nSPS) is 22.0. The van der Waals surface area contributed by atoms with Crippen molar-refractivity contribution >= 4 is 21.8 Å². The molecule has 4 rings (SSSR count). The minimum Gasteiger partial charge on any atom is -0.326 e. The standard InChI is InChI=1S/C20H18BrF3N2O2/c1-11-7-12(9-13(8-11)20(22,23)24)16-4-2-3-14-10-25-17(19(28)26(14)16)6-5-15(21)18(25)27/h5-9,14,16H,2-4,10H2,1H3. The van der Waals surface area contributed by atoms with Gasteiger partial charge in [-0.1, -0.05) is 11.6 Å². The van der Waals surface area contributed by atoms with E-state index < -0.39 is 17.8 Å². The van der Waals surface area contributed by atoms with E-state index in [2.05, 4.69) is 15.9 Å². The highest BCUT2D eigenvalue weighted by Gasteiger charge is 2.41. The van der Waals surface area contributed by atoms with Crippen molar-refractivity contribution in [2.45, 2.75) is 51.0 Å². The third-order valence-corrected chi connectivity index (χ3v) is 6.13. The summed E-state index contributed by atoms with van der Waals surface area (Å²) in [5, 5.41) is 0. The largest absolute Gasteiger partial charge is 0.416 e. The lowest BCUT2D eigenvalue weighted by Crippen LogP contribution is -2.54. The van der Waals surface area contributed by atoms with Crippen molar-refractivity contribution in [3.63, 3.8) is 0 Å². The highest BCUT2D eigenvalue weighted by Crippen LogP contribution is 2.40. The summed E-state index contributed by atoms with van der Waals surface area (Å²) < 4.78 is 41.7. The molecule has 8 heteroatoms. The number of carbonyl (C=O) groups is 1. The summed E-state index contributed by atoms with van der Waals surface area (Å²) in [7, 11) is 0. The Bertz CT molecular complexity index is 1020. The number of pyridine rings is 1. The molecule has 1 amide bonds. The van der Waals surface area contributed by atoms with Crippen LogP contribution in [0.2, 0.25) is 0 Å². The molecule has 2 aliphatic rings. The molecule has 148 valence electrons. The Morgan fingerprint density at radius 1 is 1.11 bits per heavy atom. The van der Waals surface area contributed by atoms with Gasteiger partial charge in [0.15, 0.2) is 0 Å². The topological polar surface area (TPSA) is 42.3 Å². The molecule has 28 heavy (non-hydrogen) atoms. The first-order chi connectivity index (χ1) is 13.2. The molecule has 1 saturated heterocycles. The molecule has 4 nitrogen and oxygen atoms in total. The van der Waals surface area contributed by atoms with Crippen LogP contribution in [0.4, 0.5) is 13.2 Å². The maximum absolute atomic E-state index is 13.3. The number of aryl methyl sites for hydroxylation is 1. The predicted octanol–water partition coefficient (Wildman–Crippen LogP) is 4.69. The van der Waals surface area contributed by atoms with Gasteiger partial charge in [-0.3, -0.25) is 9.59 Å². The number of hydrogen-bond donors (Lipinski definition) is 0. The molecule has 1 fully saturated rings. The smallest absolute Gasteiger partial charge is 0.326 e. The summed E-state index contributed by atoms with van der Waals surface area (Å²) in [6.45, 7) is 1.98.